The Morgan fingerprint density at radius 2 is 2.13 bits per heavy atom. The van der Waals surface area contributed by atoms with Gasteiger partial charge in [-0.05, 0) is 12.5 Å². The summed E-state index contributed by atoms with van der Waals surface area (Å²) in [6, 6.07) is 9.90. The number of carbonyl (C=O) groups excluding carboxylic acids is 1. The van der Waals surface area contributed by atoms with E-state index in [1.54, 1.807) is 6.92 Å². The zero-order valence-corrected chi connectivity index (χ0v) is 8.81. The Kier molecular flexibility index (Phi) is 4.37. The van der Waals surface area contributed by atoms with Gasteiger partial charge in [-0.2, -0.15) is 0 Å². The quantitative estimate of drug-likeness (QED) is 0.680. The number of ketones is 1. The second-order valence-corrected chi connectivity index (χ2v) is 3.45. The molecule has 0 fully saturated rings. The van der Waals surface area contributed by atoms with Gasteiger partial charge in [0.25, 0.3) is 0 Å². The van der Waals surface area contributed by atoms with Gasteiger partial charge < -0.3 is 0 Å². The van der Waals surface area contributed by atoms with Crippen LogP contribution in [0.1, 0.15) is 18.9 Å². The first-order valence-electron chi connectivity index (χ1n) is 4.91. The minimum atomic E-state index is -0.0947. The average Bonchev–Trinajstić information content (AvgIpc) is 2.25. The van der Waals surface area contributed by atoms with Crippen LogP contribution in [0.3, 0.4) is 0 Å². The van der Waals surface area contributed by atoms with Crippen LogP contribution in [0.25, 0.3) is 6.08 Å². The van der Waals surface area contributed by atoms with E-state index in [0.29, 0.717) is 6.42 Å². The van der Waals surface area contributed by atoms with E-state index in [-0.39, 0.29) is 11.7 Å². The van der Waals surface area contributed by atoms with E-state index in [2.05, 4.69) is 5.92 Å². The van der Waals surface area contributed by atoms with Crippen molar-refractivity contribution in [2.24, 2.45) is 5.92 Å². The molecule has 0 radical (unpaired) electrons. The van der Waals surface area contributed by atoms with E-state index in [0.717, 1.165) is 5.56 Å². The van der Waals surface area contributed by atoms with Crippen molar-refractivity contribution < 1.29 is 4.79 Å². The van der Waals surface area contributed by atoms with Crippen molar-refractivity contribution >= 4 is 11.9 Å². The maximum atomic E-state index is 10.9. The van der Waals surface area contributed by atoms with Crippen LogP contribution in [-0.4, -0.2) is 5.78 Å². The van der Waals surface area contributed by atoms with Crippen molar-refractivity contribution in [3.8, 4) is 12.3 Å². The molecule has 0 spiro atoms. The van der Waals surface area contributed by atoms with Gasteiger partial charge in [-0.1, -0.05) is 48.4 Å². The van der Waals surface area contributed by atoms with Crippen molar-refractivity contribution in [1.82, 2.24) is 0 Å². The lowest BCUT2D eigenvalue weighted by molar-refractivity contribution is -0.117. The van der Waals surface area contributed by atoms with Crippen molar-refractivity contribution in [2.75, 3.05) is 0 Å². The third kappa shape index (κ3) is 4.28. The molecule has 1 nitrogen and oxygen atoms in total. The van der Waals surface area contributed by atoms with E-state index in [4.69, 9.17) is 6.42 Å². The van der Waals surface area contributed by atoms with Crippen LogP contribution in [-0.2, 0) is 4.79 Å². The van der Waals surface area contributed by atoms with Crippen LogP contribution in [0, 0.1) is 18.3 Å². The molecule has 1 aromatic rings. The normalized spacial score (nSPS) is 12.3. The Morgan fingerprint density at radius 3 is 2.67 bits per heavy atom. The van der Waals surface area contributed by atoms with Gasteiger partial charge in [-0.15, -0.1) is 6.42 Å². The average molecular weight is 198 g/mol. The lowest BCUT2D eigenvalue weighted by Gasteiger charge is -2.01. The summed E-state index contributed by atoms with van der Waals surface area (Å²) in [4.78, 5) is 10.9. The first-order valence-corrected chi connectivity index (χ1v) is 4.91. The third-order valence-electron chi connectivity index (χ3n) is 2.04. The number of terminal acetylenes is 1. The second-order valence-electron chi connectivity index (χ2n) is 3.45. The Labute approximate surface area is 90.8 Å². The maximum absolute atomic E-state index is 10.9. The summed E-state index contributed by atoms with van der Waals surface area (Å²) < 4.78 is 0. The van der Waals surface area contributed by atoms with Crippen molar-refractivity contribution in [1.29, 1.82) is 0 Å². The summed E-state index contributed by atoms with van der Waals surface area (Å²) in [7, 11) is 0. The van der Waals surface area contributed by atoms with Gasteiger partial charge >= 0.3 is 0 Å². The number of allylic oxidation sites excluding steroid dienone is 1. The van der Waals surface area contributed by atoms with E-state index >= 15 is 0 Å². The number of hydrogen-bond acceptors (Lipinski definition) is 1. The zero-order valence-electron chi connectivity index (χ0n) is 8.81. The second kappa shape index (κ2) is 5.82. The van der Waals surface area contributed by atoms with Gasteiger partial charge in [0, 0.05) is 12.3 Å². The summed E-state index contributed by atoms with van der Waals surface area (Å²) in [6.45, 7) is 1.56. The van der Waals surface area contributed by atoms with E-state index in [9.17, 15) is 4.79 Å². The molecule has 76 valence electrons. The van der Waals surface area contributed by atoms with Gasteiger partial charge in [0.2, 0.25) is 0 Å². The minimum absolute atomic E-state index is 0.0947. The van der Waals surface area contributed by atoms with Crippen molar-refractivity contribution in [2.45, 2.75) is 13.3 Å². The fourth-order valence-corrected chi connectivity index (χ4v) is 1.28. The number of Topliss-reactive ketones (excluding diaryl/α,β-unsaturated/α-hetero) is 1. The molecule has 0 bridgehead atoms. The molecule has 1 atom stereocenters. The number of rotatable bonds is 4. The van der Waals surface area contributed by atoms with Crippen LogP contribution in [0.2, 0.25) is 0 Å². The molecule has 0 heterocycles. The van der Waals surface area contributed by atoms with Crippen LogP contribution in [0.5, 0.6) is 0 Å². The number of hydrogen-bond donors (Lipinski definition) is 0. The van der Waals surface area contributed by atoms with Crippen LogP contribution in [0.15, 0.2) is 36.4 Å². The highest BCUT2D eigenvalue weighted by Crippen LogP contribution is 2.08. The molecule has 0 saturated carbocycles. The van der Waals surface area contributed by atoms with E-state index < -0.39 is 0 Å². The zero-order chi connectivity index (χ0) is 11.1. The Balaban J connectivity index is 2.64. The standard InChI is InChI=1S/C14H14O/c1-3-13(11-12(2)15)9-10-14-7-5-4-6-8-14/h1,4-10,13H,11H2,2H3/b10-9+. The molecule has 1 unspecified atom stereocenters. The fraction of sp³-hybridized carbons (Fsp3) is 0.214. The van der Waals surface area contributed by atoms with E-state index in [1.165, 1.54) is 0 Å². The van der Waals surface area contributed by atoms with Crippen molar-refractivity contribution in [3.05, 3.63) is 42.0 Å². The molecule has 0 N–H and O–H groups in total. The van der Waals surface area contributed by atoms with Crippen LogP contribution in [0.4, 0.5) is 0 Å². The molecule has 0 aliphatic carbocycles. The first-order chi connectivity index (χ1) is 7.22. The minimum Gasteiger partial charge on any atom is -0.300 e. The largest absolute Gasteiger partial charge is 0.300 e. The molecule has 0 aliphatic heterocycles. The molecular weight excluding hydrogens is 184 g/mol. The van der Waals surface area contributed by atoms with E-state index in [1.807, 2.05) is 42.5 Å². The van der Waals surface area contributed by atoms with Gasteiger partial charge in [0.15, 0.2) is 0 Å². The summed E-state index contributed by atoms with van der Waals surface area (Å²) in [5.74, 6) is 2.62. The Hall–Kier alpha value is -1.81. The smallest absolute Gasteiger partial charge is 0.131 e. The molecular formula is C14H14O. The fourth-order valence-electron chi connectivity index (χ4n) is 1.28. The predicted octanol–water partition coefficient (Wildman–Crippen LogP) is 2.93. The lowest BCUT2D eigenvalue weighted by Crippen LogP contribution is -1.99. The Morgan fingerprint density at radius 1 is 1.47 bits per heavy atom. The molecule has 1 heteroatoms. The summed E-state index contributed by atoms with van der Waals surface area (Å²) in [6.07, 6.45) is 9.60. The monoisotopic (exact) mass is 198 g/mol. The predicted molar refractivity (Wildman–Crippen MR) is 63.1 cm³/mol. The molecule has 1 rings (SSSR count). The topological polar surface area (TPSA) is 17.1 Å². The Bertz CT molecular complexity index is 382. The number of benzene rings is 1. The molecule has 0 aromatic heterocycles. The summed E-state index contributed by atoms with van der Waals surface area (Å²) >= 11 is 0. The van der Waals surface area contributed by atoms with Gasteiger partial charge in [0.05, 0.1) is 0 Å². The highest BCUT2D eigenvalue weighted by atomic mass is 16.1. The SMILES string of the molecule is C#CC(/C=C/c1ccccc1)CC(C)=O. The van der Waals surface area contributed by atoms with Gasteiger partial charge in [-0.3, -0.25) is 4.79 Å². The number of carbonyl (C=O) groups is 1. The third-order valence-corrected chi connectivity index (χ3v) is 2.04. The van der Waals surface area contributed by atoms with Crippen molar-refractivity contribution in [3.63, 3.8) is 0 Å². The summed E-state index contributed by atoms with van der Waals surface area (Å²) in [5, 5.41) is 0. The highest BCUT2D eigenvalue weighted by molar-refractivity contribution is 5.76. The molecule has 0 aliphatic rings. The van der Waals surface area contributed by atoms with Crippen LogP contribution >= 0.6 is 0 Å². The summed E-state index contributed by atoms with van der Waals surface area (Å²) in [5.41, 5.74) is 1.10. The molecule has 0 amide bonds. The molecule has 0 saturated heterocycles. The molecule has 15 heavy (non-hydrogen) atoms. The van der Waals surface area contributed by atoms with Gasteiger partial charge in [-0.25, -0.2) is 0 Å². The van der Waals surface area contributed by atoms with Gasteiger partial charge in [0.1, 0.15) is 5.78 Å². The lowest BCUT2D eigenvalue weighted by atomic mass is 10.0. The first kappa shape index (κ1) is 11.3. The van der Waals surface area contributed by atoms with Crippen LogP contribution < -0.4 is 0 Å². The maximum Gasteiger partial charge on any atom is 0.131 e. The highest BCUT2D eigenvalue weighted by Gasteiger charge is 2.03. The molecule has 1 aromatic carbocycles.